The van der Waals surface area contributed by atoms with Crippen molar-refractivity contribution in [1.29, 1.82) is 0 Å². The monoisotopic (exact) mass is 320 g/mol. The number of rotatable bonds is 3. The molecule has 0 unspecified atom stereocenters. The van der Waals surface area contributed by atoms with E-state index >= 15 is 0 Å². The fourth-order valence-electron chi connectivity index (χ4n) is 2.59. The highest BCUT2D eigenvalue weighted by Crippen LogP contribution is 2.45. The highest BCUT2D eigenvalue weighted by molar-refractivity contribution is 6.25. The molecule has 1 aliphatic heterocycles. The Labute approximate surface area is 124 Å². The summed E-state index contributed by atoms with van der Waals surface area (Å²) in [4.78, 5) is 24.6. The number of ether oxygens (including phenoxy) is 1. The smallest absolute Gasteiger partial charge is 0.330 e. The van der Waals surface area contributed by atoms with Crippen molar-refractivity contribution >= 4 is 11.6 Å². The van der Waals surface area contributed by atoms with Crippen molar-refractivity contribution < 1.29 is 13.5 Å². The minimum Gasteiger partial charge on any atom is -0.344 e. The van der Waals surface area contributed by atoms with Gasteiger partial charge in [-0.2, -0.15) is 4.39 Å². The van der Waals surface area contributed by atoms with E-state index in [1.807, 2.05) is 0 Å². The number of nitrogens with zero attached hydrogens (tertiary/aromatic N) is 1. The van der Waals surface area contributed by atoms with Crippen LogP contribution in [0.2, 0.25) is 0 Å². The molecule has 1 aromatic rings. The maximum absolute atomic E-state index is 14.5. The van der Waals surface area contributed by atoms with Crippen molar-refractivity contribution in [2.75, 3.05) is 0 Å². The molecule has 5 nitrogen and oxygen atoms in total. The van der Waals surface area contributed by atoms with Crippen molar-refractivity contribution in [3.8, 4) is 0 Å². The van der Waals surface area contributed by atoms with Crippen LogP contribution in [0.15, 0.2) is 27.4 Å². The number of alkyl halides is 1. The van der Waals surface area contributed by atoms with Crippen LogP contribution < -0.4 is 11.2 Å². The molecule has 1 saturated heterocycles. The van der Waals surface area contributed by atoms with Gasteiger partial charge in [-0.1, -0.05) is 25.4 Å². The van der Waals surface area contributed by atoms with Gasteiger partial charge in [-0.3, -0.25) is 14.3 Å². The molecule has 0 aromatic carbocycles. The Morgan fingerprint density at radius 1 is 1.57 bits per heavy atom. The third kappa shape index (κ3) is 2.55. The predicted molar refractivity (Wildman–Crippen MR) is 73.5 cm³/mol. The first kappa shape index (κ1) is 15.9. The molecule has 21 heavy (non-hydrogen) atoms. The Kier molecular flexibility index (Phi) is 4.34. The molecule has 116 valence electrons. The molecule has 1 aromatic heterocycles. The lowest BCUT2D eigenvalue weighted by Crippen LogP contribution is -2.36. The van der Waals surface area contributed by atoms with Crippen LogP contribution in [0.5, 0.6) is 0 Å². The minimum absolute atomic E-state index is 0.425. The summed E-state index contributed by atoms with van der Waals surface area (Å²) in [7, 11) is 0. The van der Waals surface area contributed by atoms with Crippen LogP contribution in [0.25, 0.3) is 0 Å². The fourth-order valence-corrected chi connectivity index (χ4v) is 2.81. The van der Waals surface area contributed by atoms with E-state index in [9.17, 15) is 18.4 Å². The summed E-state index contributed by atoms with van der Waals surface area (Å²) in [6, 6.07) is 0. The van der Waals surface area contributed by atoms with Crippen LogP contribution in [-0.2, 0) is 4.74 Å². The zero-order chi connectivity index (χ0) is 15.8. The van der Waals surface area contributed by atoms with E-state index in [0.717, 1.165) is 4.57 Å². The number of H-pyrrole nitrogens is 1. The number of aromatic amines is 1. The molecule has 0 spiro atoms. The van der Waals surface area contributed by atoms with Gasteiger partial charge in [-0.15, -0.1) is 0 Å². The van der Waals surface area contributed by atoms with Gasteiger partial charge >= 0.3 is 5.69 Å². The molecule has 4 atom stereocenters. The SMILES string of the molecule is CC[C@@]1(C=CCl)O[C@@H](n2cc(F)c(=O)[nH]c2=O)[C@@H](F)[C@@H]1C. The molecule has 8 heteroatoms. The largest absolute Gasteiger partial charge is 0.344 e. The zero-order valence-electron chi connectivity index (χ0n) is 11.5. The van der Waals surface area contributed by atoms with E-state index < -0.39 is 41.0 Å². The lowest BCUT2D eigenvalue weighted by atomic mass is 9.85. The van der Waals surface area contributed by atoms with Crippen molar-refractivity contribution in [3.05, 3.63) is 44.5 Å². The van der Waals surface area contributed by atoms with Crippen LogP contribution >= 0.6 is 11.6 Å². The quantitative estimate of drug-likeness (QED) is 0.927. The first-order valence-corrected chi connectivity index (χ1v) is 6.90. The molecular weight excluding hydrogens is 306 g/mol. The van der Waals surface area contributed by atoms with Crippen LogP contribution in [0.3, 0.4) is 0 Å². The van der Waals surface area contributed by atoms with Gasteiger partial charge in [0.2, 0.25) is 5.82 Å². The van der Waals surface area contributed by atoms with Crippen molar-refractivity contribution in [2.24, 2.45) is 5.92 Å². The summed E-state index contributed by atoms with van der Waals surface area (Å²) >= 11 is 5.57. The van der Waals surface area contributed by atoms with Crippen LogP contribution in [0.1, 0.15) is 26.5 Å². The van der Waals surface area contributed by atoms with Gasteiger partial charge in [0.15, 0.2) is 12.4 Å². The number of hydrogen-bond acceptors (Lipinski definition) is 3. The van der Waals surface area contributed by atoms with E-state index in [-0.39, 0.29) is 0 Å². The third-order valence-electron chi connectivity index (χ3n) is 3.96. The molecule has 0 bridgehead atoms. The van der Waals surface area contributed by atoms with Gasteiger partial charge in [-0.25, -0.2) is 9.18 Å². The van der Waals surface area contributed by atoms with Gasteiger partial charge in [0, 0.05) is 11.5 Å². The number of hydrogen-bond donors (Lipinski definition) is 1. The molecule has 1 aliphatic rings. The molecule has 0 radical (unpaired) electrons. The summed E-state index contributed by atoms with van der Waals surface area (Å²) in [6.07, 6.45) is -0.290. The standard InChI is InChI=1S/C13H15ClF2N2O3/c1-3-13(4-5-14)7(2)9(16)11(21-13)18-6-8(15)10(19)17-12(18)20/h4-7,9,11H,3H2,1-2H3,(H,17,19,20)/t7-,9-,11+,13-/m0/s1. The lowest BCUT2D eigenvalue weighted by molar-refractivity contribution is -0.0645. The Morgan fingerprint density at radius 2 is 2.24 bits per heavy atom. The summed E-state index contributed by atoms with van der Waals surface area (Å²) in [5.41, 5.74) is -1.84. The van der Waals surface area contributed by atoms with Crippen LogP contribution in [0, 0.1) is 11.7 Å². The van der Waals surface area contributed by atoms with Crippen molar-refractivity contribution in [2.45, 2.75) is 38.3 Å². The van der Waals surface area contributed by atoms with E-state index in [0.29, 0.717) is 12.6 Å². The summed E-state index contributed by atoms with van der Waals surface area (Å²) in [5, 5.41) is 0. The fraction of sp³-hybridized carbons (Fsp3) is 0.538. The van der Waals surface area contributed by atoms with E-state index in [4.69, 9.17) is 16.3 Å². The maximum atomic E-state index is 14.5. The maximum Gasteiger partial charge on any atom is 0.330 e. The molecule has 1 fully saturated rings. The molecule has 0 aliphatic carbocycles. The van der Waals surface area contributed by atoms with Crippen molar-refractivity contribution in [1.82, 2.24) is 9.55 Å². The highest BCUT2D eigenvalue weighted by Gasteiger charge is 2.52. The summed E-state index contributed by atoms with van der Waals surface area (Å²) in [5.74, 6) is -1.77. The number of nitrogens with one attached hydrogen (secondary N) is 1. The normalized spacial score (nSPS) is 32.9. The Balaban J connectivity index is 2.50. The topological polar surface area (TPSA) is 64.1 Å². The minimum atomic E-state index is -1.55. The Bertz CT molecular complexity index is 672. The van der Waals surface area contributed by atoms with Gasteiger partial charge in [0.05, 0.1) is 11.8 Å². The lowest BCUT2D eigenvalue weighted by Gasteiger charge is -2.27. The number of halogens is 3. The Hall–Kier alpha value is -1.47. The first-order chi connectivity index (χ1) is 9.86. The molecule has 2 heterocycles. The van der Waals surface area contributed by atoms with Gasteiger partial charge in [0.1, 0.15) is 0 Å². The molecule has 0 amide bonds. The van der Waals surface area contributed by atoms with Crippen molar-refractivity contribution in [3.63, 3.8) is 0 Å². The highest BCUT2D eigenvalue weighted by atomic mass is 35.5. The van der Waals surface area contributed by atoms with Gasteiger partial charge in [-0.05, 0) is 12.5 Å². The van der Waals surface area contributed by atoms with Crippen LogP contribution in [0.4, 0.5) is 8.78 Å². The van der Waals surface area contributed by atoms with Gasteiger partial charge < -0.3 is 4.74 Å². The van der Waals surface area contributed by atoms with Gasteiger partial charge in [0.25, 0.3) is 5.56 Å². The third-order valence-corrected chi connectivity index (χ3v) is 4.08. The molecular formula is C13H15ClF2N2O3. The average molecular weight is 321 g/mol. The van der Waals surface area contributed by atoms with E-state index in [1.165, 1.54) is 11.6 Å². The van der Waals surface area contributed by atoms with E-state index in [1.54, 1.807) is 18.8 Å². The second-order valence-corrected chi connectivity index (χ2v) is 5.24. The second kappa shape index (κ2) is 5.73. The van der Waals surface area contributed by atoms with E-state index in [2.05, 4.69) is 0 Å². The summed E-state index contributed by atoms with van der Waals surface area (Å²) < 4.78 is 34.2. The first-order valence-electron chi connectivity index (χ1n) is 6.47. The molecule has 0 saturated carbocycles. The van der Waals surface area contributed by atoms with Crippen LogP contribution in [-0.4, -0.2) is 21.3 Å². The molecule has 1 N–H and O–H groups in total. The Morgan fingerprint density at radius 3 is 2.81 bits per heavy atom. The zero-order valence-corrected chi connectivity index (χ0v) is 12.2. The summed E-state index contributed by atoms with van der Waals surface area (Å²) in [6.45, 7) is 3.41. The predicted octanol–water partition coefficient (Wildman–Crippen LogP) is 2.08. The second-order valence-electron chi connectivity index (χ2n) is 4.99. The molecule has 2 rings (SSSR count). The number of aromatic nitrogens is 2. The average Bonchev–Trinajstić information content (AvgIpc) is 2.69.